The maximum Gasteiger partial charge on any atom is 0.278 e. The van der Waals surface area contributed by atoms with Crippen LogP contribution in [0.25, 0.3) is 0 Å². The van der Waals surface area contributed by atoms with Gasteiger partial charge < -0.3 is 10.1 Å². The van der Waals surface area contributed by atoms with Crippen LogP contribution in [0.1, 0.15) is 6.92 Å². The molecule has 0 spiro atoms. The first-order chi connectivity index (χ1) is 7.67. The van der Waals surface area contributed by atoms with Crippen LogP contribution in [-0.2, 0) is 0 Å². The molecule has 16 heavy (non-hydrogen) atoms. The van der Waals surface area contributed by atoms with E-state index in [9.17, 15) is 10.1 Å². The maximum atomic E-state index is 10.6. The summed E-state index contributed by atoms with van der Waals surface area (Å²) in [6.07, 6.45) is 5.02. The van der Waals surface area contributed by atoms with Crippen molar-refractivity contribution < 1.29 is 9.66 Å². The number of nitro groups is 1. The highest BCUT2D eigenvalue weighted by molar-refractivity contribution is 5.48. The smallest absolute Gasteiger partial charge is 0.278 e. The van der Waals surface area contributed by atoms with Gasteiger partial charge in [-0.2, -0.15) is 4.98 Å². The Bertz CT molecular complexity index is 426. The first-order valence-electron chi connectivity index (χ1n) is 4.64. The lowest BCUT2D eigenvalue weighted by atomic mass is 10.4. The van der Waals surface area contributed by atoms with E-state index in [1.165, 1.54) is 12.1 Å². The van der Waals surface area contributed by atoms with Crippen LogP contribution >= 0.6 is 0 Å². The van der Waals surface area contributed by atoms with Gasteiger partial charge >= 0.3 is 0 Å². The van der Waals surface area contributed by atoms with Gasteiger partial charge in [0.2, 0.25) is 5.88 Å². The highest BCUT2D eigenvalue weighted by atomic mass is 16.6. The van der Waals surface area contributed by atoms with E-state index in [0.717, 1.165) is 0 Å². The molecular weight excluding hydrogens is 210 g/mol. The minimum atomic E-state index is -0.509. The summed E-state index contributed by atoms with van der Waals surface area (Å²) in [7, 11) is 0. The summed E-state index contributed by atoms with van der Waals surface area (Å²) in [5, 5.41) is 13.5. The summed E-state index contributed by atoms with van der Waals surface area (Å²) in [4.78, 5) is 14.1. The molecule has 0 fully saturated rings. The lowest BCUT2D eigenvalue weighted by molar-refractivity contribution is -0.384. The number of nitrogens with one attached hydrogen (secondary N) is 1. The molecule has 0 aliphatic rings. The quantitative estimate of drug-likeness (QED) is 0.462. The molecule has 0 bridgehead atoms. The number of terminal acetylenes is 1. The third kappa shape index (κ3) is 3.13. The zero-order valence-corrected chi connectivity index (χ0v) is 8.77. The fraction of sp³-hybridized carbons (Fsp3) is 0.300. The Morgan fingerprint density at radius 2 is 2.44 bits per heavy atom. The van der Waals surface area contributed by atoms with Crippen molar-refractivity contribution in [2.75, 3.05) is 18.5 Å². The highest BCUT2D eigenvalue weighted by Crippen LogP contribution is 2.21. The monoisotopic (exact) mass is 221 g/mol. The second kappa shape index (κ2) is 5.56. The number of ether oxygens (including phenoxy) is 1. The number of nitrogens with zero attached hydrogens (tertiary/aromatic N) is 2. The van der Waals surface area contributed by atoms with Crippen molar-refractivity contribution in [3.63, 3.8) is 0 Å². The average molecular weight is 221 g/mol. The van der Waals surface area contributed by atoms with E-state index >= 15 is 0 Å². The molecule has 0 radical (unpaired) electrons. The van der Waals surface area contributed by atoms with Gasteiger partial charge in [0.1, 0.15) is 5.82 Å². The molecule has 0 atom stereocenters. The van der Waals surface area contributed by atoms with Crippen LogP contribution in [0.4, 0.5) is 11.5 Å². The van der Waals surface area contributed by atoms with Gasteiger partial charge in [-0.05, 0) is 6.92 Å². The third-order valence-corrected chi connectivity index (χ3v) is 1.66. The van der Waals surface area contributed by atoms with Gasteiger partial charge in [0.25, 0.3) is 5.69 Å². The van der Waals surface area contributed by atoms with Crippen LogP contribution in [0.15, 0.2) is 12.1 Å². The van der Waals surface area contributed by atoms with Crippen LogP contribution in [0.5, 0.6) is 5.88 Å². The van der Waals surface area contributed by atoms with E-state index in [0.29, 0.717) is 12.4 Å². The molecule has 1 aromatic heterocycles. The topological polar surface area (TPSA) is 77.3 Å². The van der Waals surface area contributed by atoms with Gasteiger partial charge in [0.15, 0.2) is 6.61 Å². The summed E-state index contributed by atoms with van der Waals surface area (Å²) >= 11 is 0. The van der Waals surface area contributed by atoms with Gasteiger partial charge in [-0.25, -0.2) is 0 Å². The molecule has 0 aliphatic heterocycles. The van der Waals surface area contributed by atoms with E-state index in [-0.39, 0.29) is 18.2 Å². The molecule has 1 N–H and O–H groups in total. The molecule has 6 nitrogen and oxygen atoms in total. The lowest BCUT2D eigenvalue weighted by Crippen LogP contribution is -2.03. The Morgan fingerprint density at radius 3 is 3.00 bits per heavy atom. The summed E-state index contributed by atoms with van der Waals surface area (Å²) in [5.41, 5.74) is -0.0852. The van der Waals surface area contributed by atoms with Crippen molar-refractivity contribution in [2.45, 2.75) is 6.92 Å². The number of aromatic nitrogens is 1. The number of anilines is 1. The van der Waals surface area contributed by atoms with Crippen LogP contribution in [0, 0.1) is 22.5 Å². The minimum Gasteiger partial charge on any atom is -0.464 e. The maximum absolute atomic E-state index is 10.6. The lowest BCUT2D eigenvalue weighted by Gasteiger charge is -2.05. The fourth-order valence-corrected chi connectivity index (χ4v) is 1.06. The predicted molar refractivity (Wildman–Crippen MR) is 59.4 cm³/mol. The summed E-state index contributed by atoms with van der Waals surface area (Å²) in [5.74, 6) is 2.80. The van der Waals surface area contributed by atoms with E-state index in [2.05, 4.69) is 16.2 Å². The first-order valence-corrected chi connectivity index (χ1v) is 4.64. The van der Waals surface area contributed by atoms with E-state index in [4.69, 9.17) is 11.2 Å². The molecule has 0 saturated heterocycles. The Kier molecular flexibility index (Phi) is 4.09. The summed E-state index contributed by atoms with van der Waals surface area (Å²) in [6, 6.07) is 2.57. The standard InChI is InChI=1S/C10H11N3O3/c1-3-5-16-10-7-8(13(14)15)6-9(12-10)11-4-2/h1,6-7H,4-5H2,2H3,(H,11,12). The molecule has 0 amide bonds. The average Bonchev–Trinajstić information content (AvgIpc) is 2.26. The Hall–Kier alpha value is -2.29. The van der Waals surface area contributed by atoms with Crippen LogP contribution < -0.4 is 10.1 Å². The largest absolute Gasteiger partial charge is 0.464 e. The summed E-state index contributed by atoms with van der Waals surface area (Å²) < 4.78 is 5.04. The van der Waals surface area contributed by atoms with Crippen LogP contribution in [-0.4, -0.2) is 23.1 Å². The molecule has 1 rings (SSSR count). The van der Waals surface area contributed by atoms with Gasteiger partial charge in [0, 0.05) is 6.54 Å². The second-order valence-electron chi connectivity index (χ2n) is 2.83. The predicted octanol–water partition coefficient (Wildman–Crippen LogP) is 1.43. The first kappa shape index (κ1) is 11.8. The molecular formula is C10H11N3O3. The highest BCUT2D eigenvalue weighted by Gasteiger charge is 2.11. The number of rotatable bonds is 5. The van der Waals surface area contributed by atoms with Crippen molar-refractivity contribution in [1.82, 2.24) is 4.98 Å². The SMILES string of the molecule is C#CCOc1cc([N+](=O)[O-])cc(NCC)n1. The third-order valence-electron chi connectivity index (χ3n) is 1.66. The van der Waals surface area contributed by atoms with Gasteiger partial charge in [0.05, 0.1) is 17.1 Å². The Morgan fingerprint density at radius 1 is 1.69 bits per heavy atom. The molecule has 0 saturated carbocycles. The zero-order valence-electron chi connectivity index (χ0n) is 8.77. The van der Waals surface area contributed by atoms with Gasteiger partial charge in [-0.1, -0.05) is 5.92 Å². The molecule has 1 heterocycles. The minimum absolute atomic E-state index is 0.0275. The molecule has 1 aromatic rings. The van der Waals surface area contributed by atoms with Gasteiger partial charge in [-0.3, -0.25) is 10.1 Å². The van der Waals surface area contributed by atoms with Crippen molar-refractivity contribution in [2.24, 2.45) is 0 Å². The normalized spacial score (nSPS) is 9.25. The van der Waals surface area contributed by atoms with Crippen molar-refractivity contribution in [3.05, 3.63) is 22.2 Å². The van der Waals surface area contributed by atoms with Crippen LogP contribution in [0.2, 0.25) is 0 Å². The van der Waals surface area contributed by atoms with Gasteiger partial charge in [-0.15, -0.1) is 6.42 Å². The number of hydrogen-bond acceptors (Lipinski definition) is 5. The van der Waals surface area contributed by atoms with E-state index in [1.807, 2.05) is 6.92 Å². The molecule has 84 valence electrons. The zero-order chi connectivity index (χ0) is 12.0. The second-order valence-corrected chi connectivity index (χ2v) is 2.83. The molecule has 0 aliphatic carbocycles. The Balaban J connectivity index is 2.99. The number of pyridine rings is 1. The van der Waals surface area contributed by atoms with Crippen LogP contribution in [0.3, 0.4) is 0 Å². The fourth-order valence-electron chi connectivity index (χ4n) is 1.06. The molecule has 0 aromatic carbocycles. The van der Waals surface area contributed by atoms with Crippen molar-refractivity contribution in [1.29, 1.82) is 0 Å². The summed E-state index contributed by atoms with van der Waals surface area (Å²) in [6.45, 7) is 2.50. The van der Waals surface area contributed by atoms with E-state index < -0.39 is 4.92 Å². The molecule has 6 heteroatoms. The van der Waals surface area contributed by atoms with Crippen molar-refractivity contribution in [3.8, 4) is 18.2 Å². The number of hydrogen-bond donors (Lipinski definition) is 1. The van der Waals surface area contributed by atoms with Crippen molar-refractivity contribution >= 4 is 11.5 Å². The molecule has 0 unspecified atom stereocenters. The Labute approximate surface area is 92.8 Å². The van der Waals surface area contributed by atoms with E-state index in [1.54, 1.807) is 0 Å².